The average Bonchev–Trinajstić information content (AvgIpc) is 1.87. The molecule has 0 aliphatic heterocycles. The van der Waals surface area contributed by atoms with Crippen molar-refractivity contribution < 1.29 is 0 Å². The minimum absolute atomic E-state index is 0.106. The molecule has 0 aliphatic carbocycles. The predicted octanol–water partition coefficient (Wildman–Crippen LogP) is 0.679. The first-order chi connectivity index (χ1) is 5.02. The molecular weight excluding hydrogens is 136 g/mol. The molecule has 11 heavy (non-hydrogen) atoms. The number of nitrogens with zero attached hydrogens (tertiary/aromatic N) is 1. The zero-order chi connectivity index (χ0) is 8.91. The number of likely N-dealkylation sites (N-methyl/N-ethyl adjacent to an activating group) is 1. The van der Waals surface area contributed by atoms with Crippen LogP contribution in [0.3, 0.4) is 0 Å². The lowest BCUT2D eigenvalue weighted by Gasteiger charge is -2.27. The van der Waals surface area contributed by atoms with Gasteiger partial charge in [0.25, 0.3) is 0 Å². The topological polar surface area (TPSA) is 29.3 Å². The van der Waals surface area contributed by atoms with Gasteiger partial charge in [-0.1, -0.05) is 12.8 Å². The lowest BCUT2D eigenvalue weighted by molar-refractivity contribution is 0.276. The molecule has 0 aliphatic rings. The van der Waals surface area contributed by atoms with Crippen molar-refractivity contribution in [3.8, 4) is 12.3 Å². The normalized spacial score (nSPS) is 16.0. The van der Waals surface area contributed by atoms with E-state index in [-0.39, 0.29) is 5.54 Å². The second-order valence-corrected chi connectivity index (χ2v) is 3.38. The van der Waals surface area contributed by atoms with E-state index >= 15 is 0 Å². The SMILES string of the molecule is C#CCN(C)CC(C)(N)CC. The highest BCUT2D eigenvalue weighted by Gasteiger charge is 2.16. The standard InChI is InChI=1S/C9H18N2/c1-5-7-11(4)8-9(3,10)6-2/h1H,6-8,10H2,2-4H3. The smallest absolute Gasteiger partial charge is 0.0597 e. The third kappa shape index (κ3) is 4.83. The summed E-state index contributed by atoms with van der Waals surface area (Å²) < 4.78 is 0. The highest BCUT2D eigenvalue weighted by Crippen LogP contribution is 2.05. The molecule has 0 spiro atoms. The number of terminal acetylenes is 1. The van der Waals surface area contributed by atoms with E-state index in [1.165, 1.54) is 0 Å². The molecule has 0 fully saturated rings. The second kappa shape index (κ2) is 4.38. The minimum atomic E-state index is -0.106. The van der Waals surface area contributed by atoms with Crippen LogP contribution in [0, 0.1) is 12.3 Å². The van der Waals surface area contributed by atoms with Crippen LogP contribution in [0.15, 0.2) is 0 Å². The van der Waals surface area contributed by atoms with Crippen molar-refractivity contribution >= 4 is 0 Å². The van der Waals surface area contributed by atoms with Crippen LogP contribution in [0.5, 0.6) is 0 Å². The van der Waals surface area contributed by atoms with Gasteiger partial charge in [-0.3, -0.25) is 4.90 Å². The molecule has 0 amide bonds. The maximum absolute atomic E-state index is 5.94. The van der Waals surface area contributed by atoms with Crippen molar-refractivity contribution in [1.29, 1.82) is 0 Å². The Bertz CT molecular complexity index is 144. The maximum Gasteiger partial charge on any atom is 0.0597 e. The molecule has 0 aromatic heterocycles. The van der Waals surface area contributed by atoms with Gasteiger partial charge in [-0.25, -0.2) is 0 Å². The molecular formula is C9H18N2. The first kappa shape index (κ1) is 10.5. The average molecular weight is 154 g/mol. The fourth-order valence-electron chi connectivity index (χ4n) is 0.940. The number of hydrogen-bond acceptors (Lipinski definition) is 2. The summed E-state index contributed by atoms with van der Waals surface area (Å²) >= 11 is 0. The fourth-order valence-corrected chi connectivity index (χ4v) is 0.940. The van der Waals surface area contributed by atoms with E-state index in [0.717, 1.165) is 13.0 Å². The Morgan fingerprint density at radius 1 is 1.64 bits per heavy atom. The number of rotatable bonds is 4. The van der Waals surface area contributed by atoms with E-state index in [2.05, 4.69) is 17.7 Å². The molecule has 1 unspecified atom stereocenters. The third-order valence-corrected chi connectivity index (χ3v) is 1.80. The molecule has 0 aromatic rings. The van der Waals surface area contributed by atoms with Crippen LogP contribution < -0.4 is 5.73 Å². The van der Waals surface area contributed by atoms with Crippen molar-refractivity contribution in [2.24, 2.45) is 5.73 Å². The van der Waals surface area contributed by atoms with Gasteiger partial charge in [0.15, 0.2) is 0 Å². The molecule has 1 atom stereocenters. The molecule has 64 valence electrons. The Balaban J connectivity index is 3.75. The van der Waals surface area contributed by atoms with Crippen LogP contribution in [0.2, 0.25) is 0 Å². The van der Waals surface area contributed by atoms with Crippen LogP contribution in [0.1, 0.15) is 20.3 Å². The first-order valence-electron chi connectivity index (χ1n) is 3.92. The Morgan fingerprint density at radius 2 is 2.18 bits per heavy atom. The first-order valence-corrected chi connectivity index (χ1v) is 3.92. The van der Waals surface area contributed by atoms with Crippen LogP contribution >= 0.6 is 0 Å². The zero-order valence-corrected chi connectivity index (χ0v) is 7.72. The highest BCUT2D eigenvalue weighted by molar-refractivity contribution is 4.90. The van der Waals surface area contributed by atoms with Crippen LogP contribution in [-0.4, -0.2) is 30.6 Å². The second-order valence-electron chi connectivity index (χ2n) is 3.38. The molecule has 0 rings (SSSR count). The molecule has 0 radical (unpaired) electrons. The van der Waals surface area contributed by atoms with Crippen molar-refractivity contribution in [2.75, 3.05) is 20.1 Å². The zero-order valence-electron chi connectivity index (χ0n) is 7.72. The summed E-state index contributed by atoms with van der Waals surface area (Å²) in [5.74, 6) is 2.58. The molecule has 2 heteroatoms. The monoisotopic (exact) mass is 154 g/mol. The summed E-state index contributed by atoms with van der Waals surface area (Å²) in [6, 6.07) is 0. The van der Waals surface area contributed by atoms with Gasteiger partial charge >= 0.3 is 0 Å². The van der Waals surface area contributed by atoms with E-state index in [9.17, 15) is 0 Å². The van der Waals surface area contributed by atoms with Crippen LogP contribution in [-0.2, 0) is 0 Å². The summed E-state index contributed by atoms with van der Waals surface area (Å²) in [4.78, 5) is 2.06. The molecule has 2 N–H and O–H groups in total. The van der Waals surface area contributed by atoms with Gasteiger partial charge in [-0.15, -0.1) is 6.42 Å². The van der Waals surface area contributed by atoms with Gasteiger partial charge in [0.1, 0.15) is 0 Å². The van der Waals surface area contributed by atoms with Crippen LogP contribution in [0.4, 0.5) is 0 Å². The summed E-state index contributed by atoms with van der Waals surface area (Å²) in [6.45, 7) is 5.66. The van der Waals surface area contributed by atoms with Gasteiger partial charge in [-0.2, -0.15) is 0 Å². The van der Waals surface area contributed by atoms with Crippen molar-refractivity contribution in [1.82, 2.24) is 4.90 Å². The van der Waals surface area contributed by atoms with Crippen LogP contribution in [0.25, 0.3) is 0 Å². The van der Waals surface area contributed by atoms with Gasteiger partial charge in [0.05, 0.1) is 6.54 Å². The Kier molecular flexibility index (Phi) is 4.17. The number of hydrogen-bond donors (Lipinski definition) is 1. The molecule has 0 saturated heterocycles. The van der Waals surface area contributed by atoms with E-state index in [1.54, 1.807) is 0 Å². The van der Waals surface area contributed by atoms with E-state index in [1.807, 2.05) is 14.0 Å². The van der Waals surface area contributed by atoms with Gasteiger partial charge < -0.3 is 5.73 Å². The largest absolute Gasteiger partial charge is 0.324 e. The Labute approximate surface area is 69.8 Å². The quantitative estimate of drug-likeness (QED) is 0.603. The van der Waals surface area contributed by atoms with Gasteiger partial charge in [-0.05, 0) is 20.4 Å². The van der Waals surface area contributed by atoms with E-state index in [0.29, 0.717) is 6.54 Å². The van der Waals surface area contributed by atoms with E-state index in [4.69, 9.17) is 12.2 Å². The van der Waals surface area contributed by atoms with Crippen molar-refractivity contribution in [2.45, 2.75) is 25.8 Å². The highest BCUT2D eigenvalue weighted by atomic mass is 15.1. The lowest BCUT2D eigenvalue weighted by Crippen LogP contribution is -2.46. The molecule has 0 bridgehead atoms. The summed E-state index contributed by atoms with van der Waals surface area (Å²) in [7, 11) is 1.99. The van der Waals surface area contributed by atoms with E-state index < -0.39 is 0 Å². The third-order valence-electron chi connectivity index (χ3n) is 1.80. The van der Waals surface area contributed by atoms with Gasteiger partial charge in [0.2, 0.25) is 0 Å². The summed E-state index contributed by atoms with van der Waals surface area (Å²) in [6.07, 6.45) is 6.13. The lowest BCUT2D eigenvalue weighted by atomic mass is 10.0. The molecule has 2 nitrogen and oxygen atoms in total. The maximum atomic E-state index is 5.94. The fraction of sp³-hybridized carbons (Fsp3) is 0.778. The minimum Gasteiger partial charge on any atom is -0.324 e. The molecule has 0 aromatic carbocycles. The molecule has 0 heterocycles. The van der Waals surface area contributed by atoms with Gasteiger partial charge in [0, 0.05) is 12.1 Å². The van der Waals surface area contributed by atoms with Crippen molar-refractivity contribution in [3.05, 3.63) is 0 Å². The van der Waals surface area contributed by atoms with Crippen molar-refractivity contribution in [3.63, 3.8) is 0 Å². The molecule has 0 saturated carbocycles. The summed E-state index contributed by atoms with van der Waals surface area (Å²) in [5, 5.41) is 0. The Morgan fingerprint density at radius 3 is 2.55 bits per heavy atom. The number of nitrogens with two attached hydrogens (primary N) is 1. The Hall–Kier alpha value is -0.520. The summed E-state index contributed by atoms with van der Waals surface area (Å²) in [5.41, 5.74) is 5.83. The predicted molar refractivity (Wildman–Crippen MR) is 49.2 cm³/mol.